The average Bonchev–Trinajstić information content (AvgIpc) is 2.76. The predicted octanol–water partition coefficient (Wildman–Crippen LogP) is 1.54. The molecule has 2 unspecified atom stereocenters. The molecule has 2 bridgehead atoms. The average molecular weight is 182 g/mol. The molecule has 2 atom stereocenters. The first-order valence-electron chi connectivity index (χ1n) is 5.24. The van der Waals surface area contributed by atoms with Gasteiger partial charge < -0.3 is 9.80 Å². The predicted molar refractivity (Wildman–Crippen MR) is 51.5 cm³/mol. The van der Waals surface area contributed by atoms with E-state index in [1.54, 1.807) is 4.90 Å². The Bertz CT molecular complexity index is 217. The number of likely N-dealkylation sites (tertiary alicyclic amines) is 1. The SMILES string of the molecule is CCN(C)C(=O)N1CC2CCC1C2. The molecule has 3 heteroatoms. The highest BCUT2D eigenvalue weighted by atomic mass is 16.2. The van der Waals surface area contributed by atoms with Gasteiger partial charge in [0.1, 0.15) is 0 Å². The van der Waals surface area contributed by atoms with Crippen LogP contribution in [0.4, 0.5) is 4.79 Å². The number of nitrogens with zero attached hydrogens (tertiary/aromatic N) is 2. The van der Waals surface area contributed by atoms with Crippen LogP contribution in [0.25, 0.3) is 0 Å². The quantitative estimate of drug-likeness (QED) is 0.603. The molecule has 13 heavy (non-hydrogen) atoms. The van der Waals surface area contributed by atoms with Gasteiger partial charge in [-0.15, -0.1) is 0 Å². The molecule has 0 aromatic heterocycles. The Morgan fingerprint density at radius 2 is 2.31 bits per heavy atom. The van der Waals surface area contributed by atoms with Crippen molar-refractivity contribution in [3.05, 3.63) is 0 Å². The van der Waals surface area contributed by atoms with Gasteiger partial charge in [0, 0.05) is 26.2 Å². The fourth-order valence-corrected chi connectivity index (χ4v) is 2.51. The van der Waals surface area contributed by atoms with Crippen LogP contribution in [0.3, 0.4) is 0 Å². The number of urea groups is 1. The minimum absolute atomic E-state index is 0.231. The van der Waals surface area contributed by atoms with Gasteiger partial charge in [-0.25, -0.2) is 4.79 Å². The summed E-state index contributed by atoms with van der Waals surface area (Å²) in [7, 11) is 1.88. The van der Waals surface area contributed by atoms with Gasteiger partial charge in [-0.3, -0.25) is 0 Å². The van der Waals surface area contributed by atoms with Crippen LogP contribution in [0.15, 0.2) is 0 Å². The molecule has 2 aliphatic rings. The van der Waals surface area contributed by atoms with Crippen molar-refractivity contribution >= 4 is 6.03 Å². The summed E-state index contributed by atoms with van der Waals surface area (Å²) in [5.74, 6) is 0.805. The van der Waals surface area contributed by atoms with Gasteiger partial charge in [-0.05, 0) is 32.1 Å². The minimum Gasteiger partial charge on any atom is -0.328 e. The molecule has 0 aromatic carbocycles. The van der Waals surface area contributed by atoms with E-state index in [1.807, 2.05) is 14.0 Å². The van der Waals surface area contributed by atoms with E-state index < -0.39 is 0 Å². The number of carbonyl (C=O) groups is 1. The third-order valence-corrected chi connectivity index (χ3v) is 3.46. The zero-order chi connectivity index (χ0) is 9.42. The molecule has 1 heterocycles. The Kier molecular flexibility index (Phi) is 2.18. The van der Waals surface area contributed by atoms with E-state index in [2.05, 4.69) is 4.90 Å². The van der Waals surface area contributed by atoms with E-state index in [0.717, 1.165) is 19.0 Å². The normalized spacial score (nSPS) is 31.1. The Hall–Kier alpha value is -0.730. The Labute approximate surface area is 79.7 Å². The van der Waals surface area contributed by atoms with Crippen molar-refractivity contribution in [1.82, 2.24) is 9.80 Å². The maximum atomic E-state index is 11.8. The van der Waals surface area contributed by atoms with Crippen LogP contribution in [-0.2, 0) is 0 Å². The second kappa shape index (κ2) is 3.20. The van der Waals surface area contributed by atoms with Crippen molar-refractivity contribution in [2.24, 2.45) is 5.92 Å². The molecule has 0 spiro atoms. The summed E-state index contributed by atoms with van der Waals surface area (Å²) in [4.78, 5) is 15.7. The zero-order valence-electron chi connectivity index (χ0n) is 8.49. The first-order valence-corrected chi connectivity index (χ1v) is 5.24. The van der Waals surface area contributed by atoms with Crippen molar-refractivity contribution < 1.29 is 4.79 Å². The van der Waals surface area contributed by atoms with Gasteiger partial charge >= 0.3 is 6.03 Å². The lowest BCUT2D eigenvalue weighted by Gasteiger charge is -2.30. The number of fused-ring (bicyclic) bond motifs is 2. The molecule has 1 aliphatic heterocycles. The molecule has 74 valence electrons. The summed E-state index contributed by atoms with van der Waals surface area (Å²) in [6.07, 6.45) is 3.82. The molecule has 2 amide bonds. The second-order valence-electron chi connectivity index (χ2n) is 4.28. The summed E-state index contributed by atoms with van der Waals surface area (Å²) in [6.45, 7) is 3.84. The molecular formula is C10H18N2O. The third-order valence-electron chi connectivity index (χ3n) is 3.46. The van der Waals surface area contributed by atoms with Crippen molar-refractivity contribution in [3.63, 3.8) is 0 Å². The van der Waals surface area contributed by atoms with E-state index in [1.165, 1.54) is 19.3 Å². The first kappa shape index (κ1) is 8.85. The summed E-state index contributed by atoms with van der Waals surface area (Å²) in [6, 6.07) is 0.793. The molecule has 1 aliphatic carbocycles. The smallest absolute Gasteiger partial charge is 0.319 e. The molecule has 3 nitrogen and oxygen atoms in total. The van der Waals surface area contributed by atoms with Crippen molar-refractivity contribution in [2.45, 2.75) is 32.2 Å². The topological polar surface area (TPSA) is 23.6 Å². The van der Waals surface area contributed by atoms with Gasteiger partial charge in [0.15, 0.2) is 0 Å². The highest BCUT2D eigenvalue weighted by Crippen LogP contribution is 2.37. The zero-order valence-corrected chi connectivity index (χ0v) is 8.49. The number of amides is 2. The molecular weight excluding hydrogens is 164 g/mol. The molecule has 0 radical (unpaired) electrons. The molecule has 2 rings (SSSR count). The van der Waals surface area contributed by atoms with Gasteiger partial charge in [-0.2, -0.15) is 0 Å². The Balaban J connectivity index is 1.98. The molecule has 0 N–H and O–H groups in total. The van der Waals surface area contributed by atoms with E-state index >= 15 is 0 Å². The Morgan fingerprint density at radius 3 is 2.77 bits per heavy atom. The minimum atomic E-state index is 0.231. The summed E-state index contributed by atoms with van der Waals surface area (Å²) in [5.41, 5.74) is 0. The molecule has 0 aromatic rings. The van der Waals surface area contributed by atoms with Gasteiger partial charge in [-0.1, -0.05) is 0 Å². The van der Waals surface area contributed by atoms with E-state index in [4.69, 9.17) is 0 Å². The lowest BCUT2D eigenvalue weighted by Crippen LogP contribution is -2.45. The lowest BCUT2D eigenvalue weighted by molar-refractivity contribution is 0.149. The fourth-order valence-electron chi connectivity index (χ4n) is 2.51. The largest absolute Gasteiger partial charge is 0.328 e. The maximum Gasteiger partial charge on any atom is 0.319 e. The van der Waals surface area contributed by atoms with Crippen LogP contribution in [0.2, 0.25) is 0 Å². The first-order chi connectivity index (χ1) is 6.22. The van der Waals surface area contributed by atoms with Gasteiger partial charge in [0.05, 0.1) is 0 Å². The van der Waals surface area contributed by atoms with Crippen molar-refractivity contribution in [2.75, 3.05) is 20.1 Å². The number of piperidine rings is 1. The number of rotatable bonds is 1. The number of hydrogen-bond acceptors (Lipinski definition) is 1. The standard InChI is InChI=1S/C10H18N2O/c1-3-11(2)10(13)12-7-8-4-5-9(12)6-8/h8-9H,3-7H2,1-2H3. The van der Waals surface area contributed by atoms with E-state index in [0.29, 0.717) is 6.04 Å². The lowest BCUT2D eigenvalue weighted by atomic mass is 10.1. The van der Waals surface area contributed by atoms with Crippen molar-refractivity contribution in [3.8, 4) is 0 Å². The van der Waals surface area contributed by atoms with Crippen LogP contribution < -0.4 is 0 Å². The van der Waals surface area contributed by atoms with E-state index in [-0.39, 0.29) is 6.03 Å². The van der Waals surface area contributed by atoms with Crippen LogP contribution in [-0.4, -0.2) is 42.0 Å². The molecule has 2 fully saturated rings. The summed E-state index contributed by atoms with van der Waals surface area (Å²) in [5, 5.41) is 0. The van der Waals surface area contributed by atoms with Gasteiger partial charge in [0.2, 0.25) is 0 Å². The van der Waals surface area contributed by atoms with Crippen molar-refractivity contribution in [1.29, 1.82) is 0 Å². The highest BCUT2D eigenvalue weighted by Gasteiger charge is 2.40. The monoisotopic (exact) mass is 182 g/mol. The van der Waals surface area contributed by atoms with Crippen LogP contribution in [0.1, 0.15) is 26.2 Å². The third kappa shape index (κ3) is 1.40. The van der Waals surface area contributed by atoms with Crippen LogP contribution in [0.5, 0.6) is 0 Å². The summed E-state index contributed by atoms with van der Waals surface area (Å²) < 4.78 is 0. The number of hydrogen-bond donors (Lipinski definition) is 0. The second-order valence-corrected chi connectivity index (χ2v) is 4.28. The van der Waals surface area contributed by atoms with E-state index in [9.17, 15) is 4.79 Å². The molecule has 1 saturated heterocycles. The van der Waals surface area contributed by atoms with Crippen LogP contribution in [0, 0.1) is 5.92 Å². The van der Waals surface area contributed by atoms with Crippen LogP contribution >= 0.6 is 0 Å². The maximum absolute atomic E-state index is 11.8. The number of carbonyl (C=O) groups excluding carboxylic acids is 1. The highest BCUT2D eigenvalue weighted by molar-refractivity contribution is 5.75. The Morgan fingerprint density at radius 1 is 1.54 bits per heavy atom. The van der Waals surface area contributed by atoms with Gasteiger partial charge in [0.25, 0.3) is 0 Å². The molecule has 1 saturated carbocycles. The fraction of sp³-hybridized carbons (Fsp3) is 0.900. The summed E-state index contributed by atoms with van der Waals surface area (Å²) >= 11 is 0.